The summed E-state index contributed by atoms with van der Waals surface area (Å²) >= 11 is 1.37. The number of aryl methyl sites for hydroxylation is 1. The molecule has 0 aliphatic carbocycles. The SMILES string of the molecule is CCCN(C1CCNCC1)S(=O)(=O)c1ccc(C)s1.Cl. The number of nitrogens with zero attached hydrogens (tertiary/aromatic N) is 1. The van der Waals surface area contributed by atoms with Crippen molar-refractivity contribution < 1.29 is 8.42 Å². The van der Waals surface area contributed by atoms with Gasteiger partial charge in [-0.1, -0.05) is 6.92 Å². The first-order valence-electron chi connectivity index (χ1n) is 6.84. The van der Waals surface area contributed by atoms with Gasteiger partial charge in [0.15, 0.2) is 0 Å². The largest absolute Gasteiger partial charge is 0.317 e. The Labute approximate surface area is 132 Å². The highest BCUT2D eigenvalue weighted by atomic mass is 35.5. The standard InChI is InChI=1S/C13H22N2O2S2.ClH/c1-3-10-15(12-6-8-14-9-7-12)19(16,17)13-5-4-11(2)18-13;/h4-5,12,14H,3,6-10H2,1-2H3;1H. The van der Waals surface area contributed by atoms with E-state index in [9.17, 15) is 8.42 Å². The molecular formula is C13H23ClN2O2S2. The Bertz CT molecular complexity index is 510. The molecule has 0 unspecified atom stereocenters. The summed E-state index contributed by atoms with van der Waals surface area (Å²) in [5, 5.41) is 3.29. The Morgan fingerprint density at radius 3 is 2.50 bits per heavy atom. The van der Waals surface area contributed by atoms with Crippen LogP contribution in [0.4, 0.5) is 0 Å². The van der Waals surface area contributed by atoms with E-state index < -0.39 is 10.0 Å². The number of halogens is 1. The molecule has 0 bridgehead atoms. The second kappa shape index (κ2) is 7.75. The van der Waals surface area contributed by atoms with Gasteiger partial charge < -0.3 is 5.32 Å². The van der Waals surface area contributed by atoms with E-state index in [1.165, 1.54) is 11.3 Å². The number of nitrogens with one attached hydrogen (secondary N) is 1. The Hall–Kier alpha value is -0.140. The minimum Gasteiger partial charge on any atom is -0.317 e. The highest BCUT2D eigenvalue weighted by molar-refractivity contribution is 7.91. The van der Waals surface area contributed by atoms with Crippen molar-refractivity contribution in [1.82, 2.24) is 9.62 Å². The molecule has 1 N–H and O–H groups in total. The lowest BCUT2D eigenvalue weighted by atomic mass is 10.1. The molecule has 4 nitrogen and oxygen atoms in total. The third-order valence-electron chi connectivity index (χ3n) is 3.44. The van der Waals surface area contributed by atoms with Crippen LogP contribution in [0.5, 0.6) is 0 Å². The van der Waals surface area contributed by atoms with Crippen molar-refractivity contribution in [2.75, 3.05) is 19.6 Å². The molecular weight excluding hydrogens is 316 g/mol. The first-order chi connectivity index (χ1) is 9.05. The predicted octanol–water partition coefficient (Wildman–Crippen LogP) is 2.63. The maximum absolute atomic E-state index is 12.8. The quantitative estimate of drug-likeness (QED) is 0.897. The Balaban J connectivity index is 0.00000200. The van der Waals surface area contributed by atoms with Crippen LogP contribution in [0, 0.1) is 6.92 Å². The van der Waals surface area contributed by atoms with Gasteiger partial charge in [0, 0.05) is 17.5 Å². The number of thiophene rings is 1. The van der Waals surface area contributed by atoms with E-state index >= 15 is 0 Å². The molecule has 20 heavy (non-hydrogen) atoms. The zero-order valence-electron chi connectivity index (χ0n) is 12.0. The number of piperidine rings is 1. The lowest BCUT2D eigenvalue weighted by Crippen LogP contribution is -2.46. The summed E-state index contributed by atoms with van der Waals surface area (Å²) in [6, 6.07) is 3.76. The van der Waals surface area contributed by atoms with E-state index in [4.69, 9.17) is 0 Å². The molecule has 0 saturated carbocycles. The fraction of sp³-hybridized carbons (Fsp3) is 0.692. The molecule has 7 heteroatoms. The second-order valence-electron chi connectivity index (χ2n) is 4.96. The maximum Gasteiger partial charge on any atom is 0.252 e. The van der Waals surface area contributed by atoms with Crippen molar-refractivity contribution in [2.45, 2.75) is 43.4 Å². The zero-order chi connectivity index (χ0) is 13.9. The monoisotopic (exact) mass is 338 g/mol. The van der Waals surface area contributed by atoms with E-state index in [1.54, 1.807) is 10.4 Å². The molecule has 1 fully saturated rings. The summed E-state index contributed by atoms with van der Waals surface area (Å²) in [4.78, 5) is 1.04. The van der Waals surface area contributed by atoms with Gasteiger partial charge in [-0.3, -0.25) is 0 Å². The smallest absolute Gasteiger partial charge is 0.252 e. The average molecular weight is 339 g/mol. The normalized spacial score (nSPS) is 17.1. The minimum atomic E-state index is -3.32. The molecule has 1 aromatic heterocycles. The van der Waals surface area contributed by atoms with E-state index in [-0.39, 0.29) is 18.4 Å². The molecule has 2 rings (SSSR count). The van der Waals surface area contributed by atoms with Crippen LogP contribution in [-0.4, -0.2) is 38.4 Å². The molecule has 1 saturated heterocycles. The van der Waals surface area contributed by atoms with Crippen LogP contribution in [0.25, 0.3) is 0 Å². The molecule has 1 aromatic rings. The molecule has 2 heterocycles. The first kappa shape index (κ1) is 17.9. The fourth-order valence-corrected chi connectivity index (χ4v) is 5.67. The van der Waals surface area contributed by atoms with Gasteiger partial charge in [0.2, 0.25) is 0 Å². The third kappa shape index (κ3) is 3.95. The number of hydrogen-bond donors (Lipinski definition) is 1. The van der Waals surface area contributed by atoms with Crippen LogP contribution in [0.1, 0.15) is 31.1 Å². The Morgan fingerprint density at radius 1 is 1.35 bits per heavy atom. The fourth-order valence-electron chi connectivity index (χ4n) is 2.48. The summed E-state index contributed by atoms with van der Waals surface area (Å²) in [6.07, 6.45) is 2.67. The molecule has 0 aromatic carbocycles. The van der Waals surface area contributed by atoms with Crippen LogP contribution < -0.4 is 5.32 Å². The lowest BCUT2D eigenvalue weighted by molar-refractivity contribution is 0.263. The van der Waals surface area contributed by atoms with E-state index in [2.05, 4.69) is 5.32 Å². The average Bonchev–Trinajstić information content (AvgIpc) is 2.84. The highest BCUT2D eigenvalue weighted by Gasteiger charge is 2.32. The summed E-state index contributed by atoms with van der Waals surface area (Å²) < 4.78 is 27.7. The van der Waals surface area contributed by atoms with E-state index in [1.807, 2.05) is 19.9 Å². The van der Waals surface area contributed by atoms with Gasteiger partial charge in [-0.2, -0.15) is 4.31 Å². The number of sulfonamides is 1. The predicted molar refractivity (Wildman–Crippen MR) is 86.4 cm³/mol. The Kier molecular flexibility index (Phi) is 6.94. The molecule has 0 spiro atoms. The maximum atomic E-state index is 12.8. The van der Waals surface area contributed by atoms with Gasteiger partial charge in [0.05, 0.1) is 0 Å². The van der Waals surface area contributed by atoms with Crippen molar-refractivity contribution in [3.05, 3.63) is 17.0 Å². The van der Waals surface area contributed by atoms with E-state index in [0.717, 1.165) is 37.2 Å². The van der Waals surface area contributed by atoms with Crippen LogP contribution in [0.15, 0.2) is 16.3 Å². The summed E-state index contributed by atoms with van der Waals surface area (Å²) in [5.41, 5.74) is 0. The van der Waals surface area contributed by atoms with E-state index in [0.29, 0.717) is 10.8 Å². The Morgan fingerprint density at radius 2 is 2.00 bits per heavy atom. The molecule has 1 aliphatic heterocycles. The lowest BCUT2D eigenvalue weighted by Gasteiger charge is -2.33. The van der Waals surface area contributed by atoms with Crippen molar-refractivity contribution >= 4 is 33.8 Å². The van der Waals surface area contributed by atoms with Gasteiger partial charge in [0.25, 0.3) is 10.0 Å². The summed E-state index contributed by atoms with van der Waals surface area (Å²) in [5.74, 6) is 0. The molecule has 116 valence electrons. The van der Waals surface area contributed by atoms with Crippen molar-refractivity contribution in [2.24, 2.45) is 0 Å². The minimum absolute atomic E-state index is 0. The van der Waals surface area contributed by atoms with Crippen LogP contribution in [0.3, 0.4) is 0 Å². The van der Waals surface area contributed by atoms with Crippen molar-refractivity contribution in [3.8, 4) is 0 Å². The summed E-state index contributed by atoms with van der Waals surface area (Å²) in [6.45, 7) is 6.40. The summed E-state index contributed by atoms with van der Waals surface area (Å²) in [7, 11) is -3.32. The molecule has 1 aliphatic rings. The molecule has 0 atom stereocenters. The highest BCUT2D eigenvalue weighted by Crippen LogP contribution is 2.27. The number of hydrogen-bond acceptors (Lipinski definition) is 4. The van der Waals surface area contributed by atoms with Gasteiger partial charge in [-0.15, -0.1) is 23.7 Å². The topological polar surface area (TPSA) is 49.4 Å². The van der Waals surface area contributed by atoms with Crippen LogP contribution in [0.2, 0.25) is 0 Å². The third-order valence-corrected chi connectivity index (χ3v) is 6.86. The van der Waals surface area contributed by atoms with Crippen molar-refractivity contribution in [3.63, 3.8) is 0 Å². The van der Waals surface area contributed by atoms with Crippen LogP contribution in [-0.2, 0) is 10.0 Å². The second-order valence-corrected chi connectivity index (χ2v) is 8.37. The molecule has 0 amide bonds. The number of rotatable bonds is 5. The van der Waals surface area contributed by atoms with Gasteiger partial charge in [-0.25, -0.2) is 8.42 Å². The molecule has 0 radical (unpaired) electrons. The first-order valence-corrected chi connectivity index (χ1v) is 9.10. The van der Waals surface area contributed by atoms with Gasteiger partial charge in [0.1, 0.15) is 4.21 Å². The van der Waals surface area contributed by atoms with Gasteiger partial charge >= 0.3 is 0 Å². The van der Waals surface area contributed by atoms with Crippen molar-refractivity contribution in [1.29, 1.82) is 0 Å². The van der Waals surface area contributed by atoms with Gasteiger partial charge in [-0.05, 0) is 51.4 Å². The van der Waals surface area contributed by atoms with Crippen LogP contribution >= 0.6 is 23.7 Å². The zero-order valence-corrected chi connectivity index (χ0v) is 14.4.